The van der Waals surface area contributed by atoms with Crippen molar-refractivity contribution in [1.29, 1.82) is 0 Å². The Kier molecular flexibility index (Phi) is 3.69. The Labute approximate surface area is 113 Å². The highest BCUT2D eigenvalue weighted by Crippen LogP contribution is 2.35. The zero-order valence-electron chi connectivity index (χ0n) is 11.6. The molecule has 1 aliphatic carbocycles. The van der Waals surface area contributed by atoms with Gasteiger partial charge in [0.25, 0.3) is 0 Å². The van der Waals surface area contributed by atoms with Crippen molar-refractivity contribution in [2.24, 2.45) is 5.41 Å². The van der Waals surface area contributed by atoms with E-state index in [1.807, 2.05) is 18.2 Å². The molecule has 0 spiro atoms. The molecule has 0 saturated heterocycles. The van der Waals surface area contributed by atoms with E-state index in [1.165, 1.54) is 0 Å². The lowest BCUT2D eigenvalue weighted by Crippen LogP contribution is -2.26. The molecule has 0 radical (unpaired) electrons. The van der Waals surface area contributed by atoms with Crippen LogP contribution in [0, 0.1) is 5.41 Å². The van der Waals surface area contributed by atoms with Crippen molar-refractivity contribution in [3.63, 3.8) is 0 Å². The number of hydrogen-bond acceptors (Lipinski definition) is 3. The first-order valence-corrected chi connectivity index (χ1v) is 6.49. The van der Waals surface area contributed by atoms with Crippen LogP contribution < -0.4 is 9.47 Å². The third-order valence-corrected chi connectivity index (χ3v) is 3.27. The highest BCUT2D eigenvalue weighted by atomic mass is 16.5. The molecule has 104 valence electrons. The van der Waals surface area contributed by atoms with Crippen molar-refractivity contribution in [1.82, 2.24) is 0 Å². The predicted molar refractivity (Wildman–Crippen MR) is 71.8 cm³/mol. The molecule has 2 rings (SSSR count). The van der Waals surface area contributed by atoms with Crippen LogP contribution in [0.4, 0.5) is 0 Å². The highest BCUT2D eigenvalue weighted by molar-refractivity contribution is 5.74. The van der Waals surface area contributed by atoms with Gasteiger partial charge in [0.1, 0.15) is 0 Å². The molecule has 1 fully saturated rings. The molecule has 0 bridgehead atoms. The van der Waals surface area contributed by atoms with Crippen LogP contribution >= 0.6 is 0 Å². The number of benzene rings is 1. The largest absolute Gasteiger partial charge is 0.493 e. The standard InChI is InChI=1S/C15H20O4/c1-15(2,14(16)17)9-10-4-7-12(13(8-10)18-3)19-11-5-6-11/h4,7-8,11H,5-6,9H2,1-3H3,(H,16,17). The molecule has 1 N–H and O–H groups in total. The third-order valence-electron chi connectivity index (χ3n) is 3.27. The molecule has 0 heterocycles. The minimum absolute atomic E-state index is 0.315. The van der Waals surface area contributed by atoms with Crippen molar-refractivity contribution < 1.29 is 19.4 Å². The van der Waals surface area contributed by atoms with Gasteiger partial charge in [-0.3, -0.25) is 4.79 Å². The van der Waals surface area contributed by atoms with Crippen LogP contribution in [0.5, 0.6) is 11.5 Å². The monoisotopic (exact) mass is 264 g/mol. The van der Waals surface area contributed by atoms with E-state index in [-0.39, 0.29) is 0 Å². The lowest BCUT2D eigenvalue weighted by atomic mass is 9.86. The molecule has 0 unspecified atom stereocenters. The molecular weight excluding hydrogens is 244 g/mol. The van der Waals surface area contributed by atoms with E-state index in [0.29, 0.717) is 18.3 Å². The Morgan fingerprint density at radius 1 is 1.37 bits per heavy atom. The first-order valence-electron chi connectivity index (χ1n) is 6.49. The maximum Gasteiger partial charge on any atom is 0.309 e. The van der Waals surface area contributed by atoms with Gasteiger partial charge in [-0.2, -0.15) is 0 Å². The number of aliphatic carboxylic acids is 1. The van der Waals surface area contributed by atoms with Gasteiger partial charge in [-0.25, -0.2) is 0 Å². The Bertz CT molecular complexity index is 475. The molecule has 19 heavy (non-hydrogen) atoms. The van der Waals surface area contributed by atoms with Gasteiger partial charge >= 0.3 is 5.97 Å². The van der Waals surface area contributed by atoms with Crippen LogP contribution in [-0.4, -0.2) is 24.3 Å². The van der Waals surface area contributed by atoms with Gasteiger partial charge in [-0.1, -0.05) is 6.07 Å². The van der Waals surface area contributed by atoms with Crippen LogP contribution in [0.2, 0.25) is 0 Å². The maximum absolute atomic E-state index is 11.1. The van der Waals surface area contributed by atoms with Gasteiger partial charge in [0, 0.05) is 0 Å². The SMILES string of the molecule is COc1cc(CC(C)(C)C(=O)O)ccc1OC1CC1. The summed E-state index contributed by atoms with van der Waals surface area (Å²) < 4.78 is 11.1. The number of ether oxygens (including phenoxy) is 2. The molecular formula is C15H20O4. The Balaban J connectivity index is 2.16. The molecule has 4 heteroatoms. The summed E-state index contributed by atoms with van der Waals surface area (Å²) in [6, 6.07) is 5.64. The van der Waals surface area contributed by atoms with Crippen LogP contribution in [0.3, 0.4) is 0 Å². The lowest BCUT2D eigenvalue weighted by Gasteiger charge is -2.20. The zero-order chi connectivity index (χ0) is 14.0. The molecule has 1 aromatic carbocycles. The second-order valence-corrected chi connectivity index (χ2v) is 5.67. The molecule has 0 amide bonds. The van der Waals surface area contributed by atoms with E-state index in [0.717, 1.165) is 24.2 Å². The van der Waals surface area contributed by atoms with Gasteiger partial charge < -0.3 is 14.6 Å². The Morgan fingerprint density at radius 3 is 2.58 bits per heavy atom. The summed E-state index contributed by atoms with van der Waals surface area (Å²) in [5.41, 5.74) is 0.150. The number of methoxy groups -OCH3 is 1. The second kappa shape index (κ2) is 5.11. The third kappa shape index (κ3) is 3.40. The van der Waals surface area contributed by atoms with Crippen molar-refractivity contribution in [3.8, 4) is 11.5 Å². The number of rotatable bonds is 6. The first-order chi connectivity index (χ1) is 8.92. The zero-order valence-corrected chi connectivity index (χ0v) is 11.6. The minimum atomic E-state index is -0.801. The molecule has 0 aromatic heterocycles. The minimum Gasteiger partial charge on any atom is -0.493 e. The summed E-state index contributed by atoms with van der Waals surface area (Å²) in [5, 5.41) is 9.15. The first kappa shape index (κ1) is 13.7. The van der Waals surface area contributed by atoms with Gasteiger partial charge in [0.15, 0.2) is 11.5 Å². The van der Waals surface area contributed by atoms with Crippen LogP contribution in [0.15, 0.2) is 18.2 Å². The van der Waals surface area contributed by atoms with Gasteiger partial charge in [-0.05, 0) is 50.8 Å². The lowest BCUT2D eigenvalue weighted by molar-refractivity contribution is -0.146. The molecule has 1 aromatic rings. The van der Waals surface area contributed by atoms with E-state index in [9.17, 15) is 4.79 Å². The molecule has 0 aliphatic heterocycles. The summed E-state index contributed by atoms with van der Waals surface area (Å²) in [5.74, 6) is 0.609. The van der Waals surface area contributed by atoms with Crippen LogP contribution in [0.25, 0.3) is 0 Å². The summed E-state index contributed by atoms with van der Waals surface area (Å²) in [6.45, 7) is 3.44. The Hall–Kier alpha value is -1.71. The van der Waals surface area contributed by atoms with E-state index in [4.69, 9.17) is 14.6 Å². The summed E-state index contributed by atoms with van der Waals surface area (Å²) in [4.78, 5) is 11.1. The number of hydrogen-bond donors (Lipinski definition) is 1. The fraction of sp³-hybridized carbons (Fsp3) is 0.533. The molecule has 1 saturated carbocycles. The van der Waals surface area contributed by atoms with Crippen LogP contribution in [-0.2, 0) is 11.2 Å². The predicted octanol–water partition coefficient (Wildman–Crippen LogP) is 2.89. The van der Waals surface area contributed by atoms with Gasteiger partial charge in [0.05, 0.1) is 18.6 Å². The maximum atomic E-state index is 11.1. The number of carboxylic acid groups (broad SMARTS) is 1. The van der Waals surface area contributed by atoms with E-state index in [2.05, 4.69) is 0 Å². The molecule has 0 atom stereocenters. The average molecular weight is 264 g/mol. The number of carbonyl (C=O) groups is 1. The molecule has 4 nitrogen and oxygen atoms in total. The topological polar surface area (TPSA) is 55.8 Å². The smallest absolute Gasteiger partial charge is 0.309 e. The summed E-state index contributed by atoms with van der Waals surface area (Å²) in [6.07, 6.45) is 2.96. The fourth-order valence-electron chi connectivity index (χ4n) is 1.87. The van der Waals surface area contributed by atoms with Crippen molar-refractivity contribution in [2.45, 2.75) is 39.2 Å². The normalized spacial score (nSPS) is 15.1. The van der Waals surface area contributed by atoms with Crippen molar-refractivity contribution >= 4 is 5.97 Å². The second-order valence-electron chi connectivity index (χ2n) is 5.67. The molecule has 1 aliphatic rings. The number of carboxylic acids is 1. The van der Waals surface area contributed by atoms with Crippen molar-refractivity contribution in [3.05, 3.63) is 23.8 Å². The summed E-state index contributed by atoms with van der Waals surface area (Å²) in [7, 11) is 1.60. The summed E-state index contributed by atoms with van der Waals surface area (Å²) >= 11 is 0. The quantitative estimate of drug-likeness (QED) is 0.858. The fourth-order valence-corrected chi connectivity index (χ4v) is 1.87. The van der Waals surface area contributed by atoms with Gasteiger partial charge in [0.2, 0.25) is 0 Å². The van der Waals surface area contributed by atoms with E-state index < -0.39 is 11.4 Å². The van der Waals surface area contributed by atoms with E-state index in [1.54, 1.807) is 21.0 Å². The van der Waals surface area contributed by atoms with Crippen molar-refractivity contribution in [2.75, 3.05) is 7.11 Å². The van der Waals surface area contributed by atoms with E-state index >= 15 is 0 Å². The van der Waals surface area contributed by atoms with Crippen LogP contribution in [0.1, 0.15) is 32.3 Å². The average Bonchev–Trinajstić information content (AvgIpc) is 3.14. The highest BCUT2D eigenvalue weighted by Gasteiger charge is 2.28. The Morgan fingerprint density at radius 2 is 2.05 bits per heavy atom. The van der Waals surface area contributed by atoms with Gasteiger partial charge in [-0.15, -0.1) is 0 Å².